The molecule has 0 aliphatic carbocycles. The van der Waals surface area contributed by atoms with Crippen LogP contribution in [0.3, 0.4) is 0 Å². The van der Waals surface area contributed by atoms with Gasteiger partial charge in [-0.2, -0.15) is 4.98 Å². The Balaban J connectivity index is 2.63. The molecule has 0 bridgehead atoms. The van der Waals surface area contributed by atoms with Crippen molar-refractivity contribution >= 4 is 17.6 Å². The Morgan fingerprint density at radius 3 is 2.83 bits per heavy atom. The van der Waals surface area contributed by atoms with E-state index in [2.05, 4.69) is 15.4 Å². The maximum atomic E-state index is 12.0. The van der Waals surface area contributed by atoms with Gasteiger partial charge in [-0.25, -0.2) is 4.52 Å². The van der Waals surface area contributed by atoms with E-state index < -0.39 is 0 Å². The van der Waals surface area contributed by atoms with Crippen molar-refractivity contribution in [2.24, 2.45) is 0 Å². The Hall–Kier alpha value is -2.18. The number of aryl methyl sites for hydroxylation is 2. The molecule has 0 aromatic carbocycles. The van der Waals surface area contributed by atoms with Crippen LogP contribution in [0.1, 0.15) is 25.8 Å². The average molecular weight is 249 g/mol. The molecule has 2 aromatic rings. The van der Waals surface area contributed by atoms with E-state index in [4.69, 9.17) is 0 Å². The fraction of sp³-hybridized carbons (Fsp3) is 0.455. The number of fused-ring (bicyclic) bond motifs is 1. The van der Waals surface area contributed by atoms with Crippen LogP contribution in [0, 0.1) is 6.92 Å². The molecule has 0 aliphatic rings. The number of hydrogen-bond acceptors (Lipinski definition) is 4. The summed E-state index contributed by atoms with van der Waals surface area (Å²) in [5.41, 5.74) is 0.515. The summed E-state index contributed by atoms with van der Waals surface area (Å²) >= 11 is 0. The zero-order valence-electron chi connectivity index (χ0n) is 10.6. The summed E-state index contributed by atoms with van der Waals surface area (Å²) in [7, 11) is 0. The summed E-state index contributed by atoms with van der Waals surface area (Å²) in [6.45, 7) is 5.67. The Bertz CT molecular complexity index is 655. The number of nitrogens with one attached hydrogen (secondary N) is 1. The second kappa shape index (κ2) is 4.59. The zero-order chi connectivity index (χ0) is 13.3. The van der Waals surface area contributed by atoms with Gasteiger partial charge in [-0.15, -0.1) is 5.10 Å². The maximum Gasteiger partial charge on any atom is 0.257 e. The van der Waals surface area contributed by atoms with Crippen molar-refractivity contribution in [3.63, 3.8) is 0 Å². The van der Waals surface area contributed by atoms with Crippen LogP contribution in [0.2, 0.25) is 0 Å². The highest BCUT2D eigenvalue weighted by Gasteiger charge is 2.11. The molecule has 0 aliphatic heterocycles. The summed E-state index contributed by atoms with van der Waals surface area (Å²) in [6.07, 6.45) is 2.43. The van der Waals surface area contributed by atoms with Gasteiger partial charge in [-0.3, -0.25) is 19.5 Å². The molecule has 2 aromatic heterocycles. The Kier molecular flexibility index (Phi) is 3.14. The average Bonchev–Trinajstić information content (AvgIpc) is 2.66. The van der Waals surface area contributed by atoms with E-state index in [-0.39, 0.29) is 17.4 Å². The number of anilines is 1. The fourth-order valence-electron chi connectivity index (χ4n) is 1.76. The zero-order valence-corrected chi connectivity index (χ0v) is 10.6. The lowest BCUT2D eigenvalue weighted by atomic mass is 10.3. The van der Waals surface area contributed by atoms with E-state index in [1.807, 2.05) is 6.92 Å². The number of aromatic nitrogens is 4. The molecule has 1 N–H and O–H groups in total. The number of rotatable bonds is 3. The maximum absolute atomic E-state index is 12.0. The summed E-state index contributed by atoms with van der Waals surface area (Å²) in [5, 5.41) is 6.62. The lowest BCUT2D eigenvalue weighted by Gasteiger charge is -2.05. The molecule has 0 spiro atoms. The molecule has 0 radical (unpaired) electrons. The van der Waals surface area contributed by atoms with Gasteiger partial charge in [0.2, 0.25) is 11.7 Å². The first-order valence-electron chi connectivity index (χ1n) is 5.77. The fourth-order valence-corrected chi connectivity index (χ4v) is 1.76. The number of nitrogens with zero attached hydrogens (tertiary/aromatic N) is 4. The quantitative estimate of drug-likeness (QED) is 0.862. The van der Waals surface area contributed by atoms with Crippen LogP contribution in [-0.2, 0) is 11.3 Å². The van der Waals surface area contributed by atoms with Crippen molar-refractivity contribution < 1.29 is 4.79 Å². The van der Waals surface area contributed by atoms with E-state index in [9.17, 15) is 9.59 Å². The van der Waals surface area contributed by atoms with Gasteiger partial charge in [0, 0.05) is 25.2 Å². The summed E-state index contributed by atoms with van der Waals surface area (Å²) < 4.78 is 3.07. The molecule has 0 atom stereocenters. The minimum absolute atomic E-state index is 0.0777. The highest BCUT2D eigenvalue weighted by Crippen LogP contribution is 2.05. The number of amides is 1. The van der Waals surface area contributed by atoms with Crippen molar-refractivity contribution in [2.75, 3.05) is 5.32 Å². The van der Waals surface area contributed by atoms with Crippen molar-refractivity contribution in [3.8, 4) is 0 Å². The normalized spacial score (nSPS) is 10.8. The third-order valence-corrected chi connectivity index (χ3v) is 2.49. The minimum atomic E-state index is -0.244. The first-order chi connectivity index (χ1) is 8.52. The molecular formula is C11H15N5O2. The molecule has 0 unspecified atom stereocenters. The smallest absolute Gasteiger partial charge is 0.257 e. The van der Waals surface area contributed by atoms with E-state index in [1.54, 1.807) is 17.7 Å². The predicted molar refractivity (Wildman–Crippen MR) is 66.6 cm³/mol. The van der Waals surface area contributed by atoms with E-state index >= 15 is 0 Å². The van der Waals surface area contributed by atoms with Gasteiger partial charge in [0.15, 0.2) is 0 Å². The highest BCUT2D eigenvalue weighted by molar-refractivity contribution is 5.86. The Morgan fingerprint density at radius 1 is 1.50 bits per heavy atom. The van der Waals surface area contributed by atoms with Crippen molar-refractivity contribution in [1.29, 1.82) is 0 Å². The van der Waals surface area contributed by atoms with Gasteiger partial charge < -0.3 is 0 Å². The molecule has 2 heterocycles. The number of hydrogen-bond donors (Lipinski definition) is 1. The molecule has 7 heteroatoms. The molecule has 0 saturated carbocycles. The SMILES string of the molecule is CCCn1c(=O)c(C)cn2nc(NC(C)=O)nc12. The lowest BCUT2D eigenvalue weighted by molar-refractivity contribution is -0.114. The van der Waals surface area contributed by atoms with Crippen LogP contribution >= 0.6 is 0 Å². The second-order valence-corrected chi connectivity index (χ2v) is 4.13. The van der Waals surface area contributed by atoms with Crippen LogP contribution < -0.4 is 10.9 Å². The van der Waals surface area contributed by atoms with Crippen LogP contribution in [0.15, 0.2) is 11.0 Å². The van der Waals surface area contributed by atoms with Crippen LogP contribution in [0.4, 0.5) is 5.95 Å². The molecular weight excluding hydrogens is 234 g/mol. The van der Waals surface area contributed by atoms with Gasteiger partial charge in [0.25, 0.3) is 11.5 Å². The van der Waals surface area contributed by atoms with Crippen molar-refractivity contribution in [3.05, 3.63) is 22.1 Å². The first-order valence-corrected chi connectivity index (χ1v) is 5.77. The van der Waals surface area contributed by atoms with Crippen molar-refractivity contribution in [2.45, 2.75) is 33.7 Å². The predicted octanol–water partition coefficient (Wildman–Crippen LogP) is 0.568. The first kappa shape index (κ1) is 12.3. The molecule has 1 amide bonds. The second-order valence-electron chi connectivity index (χ2n) is 4.13. The van der Waals surface area contributed by atoms with E-state index in [0.717, 1.165) is 6.42 Å². The van der Waals surface area contributed by atoms with Gasteiger partial charge in [0.1, 0.15) is 0 Å². The van der Waals surface area contributed by atoms with Gasteiger partial charge in [-0.05, 0) is 13.3 Å². The molecule has 2 rings (SSSR count). The Labute approximate surface area is 103 Å². The summed E-state index contributed by atoms with van der Waals surface area (Å²) in [4.78, 5) is 27.1. The number of carbonyl (C=O) groups excluding carboxylic acids is 1. The Morgan fingerprint density at radius 2 is 2.22 bits per heavy atom. The van der Waals surface area contributed by atoms with Crippen LogP contribution in [0.5, 0.6) is 0 Å². The van der Waals surface area contributed by atoms with Gasteiger partial charge >= 0.3 is 0 Å². The van der Waals surface area contributed by atoms with E-state index in [0.29, 0.717) is 17.9 Å². The summed E-state index contributed by atoms with van der Waals surface area (Å²) in [6, 6.07) is 0. The van der Waals surface area contributed by atoms with Crippen molar-refractivity contribution in [1.82, 2.24) is 19.2 Å². The molecule has 96 valence electrons. The van der Waals surface area contributed by atoms with Crippen LogP contribution in [0.25, 0.3) is 5.78 Å². The van der Waals surface area contributed by atoms with E-state index in [1.165, 1.54) is 11.4 Å². The number of carbonyl (C=O) groups is 1. The van der Waals surface area contributed by atoms with Gasteiger partial charge in [-0.1, -0.05) is 6.92 Å². The highest BCUT2D eigenvalue weighted by atomic mass is 16.1. The standard InChI is InChI=1S/C11H15N5O2/c1-4-5-15-9(18)7(2)6-16-11(15)13-10(14-16)12-8(3)17/h6H,4-5H2,1-3H3,(H,12,14,17). The third-order valence-electron chi connectivity index (χ3n) is 2.49. The molecule has 18 heavy (non-hydrogen) atoms. The third kappa shape index (κ3) is 2.11. The minimum Gasteiger partial charge on any atom is -0.293 e. The summed E-state index contributed by atoms with van der Waals surface area (Å²) in [5.74, 6) is 0.403. The molecule has 7 nitrogen and oxygen atoms in total. The topological polar surface area (TPSA) is 81.3 Å². The molecule has 0 fully saturated rings. The largest absolute Gasteiger partial charge is 0.293 e. The van der Waals surface area contributed by atoms with Gasteiger partial charge in [0.05, 0.1) is 0 Å². The monoisotopic (exact) mass is 249 g/mol. The van der Waals surface area contributed by atoms with Crippen LogP contribution in [-0.4, -0.2) is 25.1 Å². The molecule has 0 saturated heterocycles. The lowest BCUT2D eigenvalue weighted by Crippen LogP contribution is -2.24.